The van der Waals surface area contributed by atoms with Crippen LogP contribution in [0.3, 0.4) is 0 Å². The first-order chi connectivity index (χ1) is 11.2. The van der Waals surface area contributed by atoms with Gasteiger partial charge in [0.2, 0.25) is 11.8 Å². The zero-order valence-corrected chi connectivity index (χ0v) is 13.5. The van der Waals surface area contributed by atoms with E-state index < -0.39 is 0 Å². The lowest BCUT2D eigenvalue weighted by Gasteiger charge is -2.17. The Morgan fingerprint density at radius 3 is 2.91 bits per heavy atom. The SMILES string of the molecule is COc1nc(NC2CCN(C(=O)c3ccccc3)C2)ncc1Cl. The van der Waals surface area contributed by atoms with Crippen molar-refractivity contribution >= 4 is 23.5 Å². The van der Waals surface area contributed by atoms with E-state index in [4.69, 9.17) is 16.3 Å². The summed E-state index contributed by atoms with van der Waals surface area (Å²) in [5.41, 5.74) is 0.706. The number of ether oxygens (including phenoxy) is 1. The molecule has 1 saturated heterocycles. The van der Waals surface area contributed by atoms with Gasteiger partial charge in [0.25, 0.3) is 5.91 Å². The molecule has 7 heteroatoms. The van der Waals surface area contributed by atoms with Crippen LogP contribution in [0.15, 0.2) is 36.5 Å². The van der Waals surface area contributed by atoms with Crippen LogP contribution in [-0.2, 0) is 0 Å². The van der Waals surface area contributed by atoms with Gasteiger partial charge >= 0.3 is 0 Å². The molecule has 0 radical (unpaired) electrons. The monoisotopic (exact) mass is 332 g/mol. The van der Waals surface area contributed by atoms with Crippen LogP contribution >= 0.6 is 11.6 Å². The summed E-state index contributed by atoms with van der Waals surface area (Å²) in [6, 6.07) is 9.40. The van der Waals surface area contributed by atoms with Crippen LogP contribution < -0.4 is 10.1 Å². The minimum absolute atomic E-state index is 0.0458. The molecule has 0 bridgehead atoms. The number of amides is 1. The third kappa shape index (κ3) is 3.53. The van der Waals surface area contributed by atoms with Crippen molar-refractivity contribution in [3.8, 4) is 5.88 Å². The van der Waals surface area contributed by atoms with Crippen LogP contribution in [0.2, 0.25) is 5.02 Å². The molecule has 1 aliphatic rings. The van der Waals surface area contributed by atoms with Crippen LogP contribution in [0.4, 0.5) is 5.95 Å². The zero-order chi connectivity index (χ0) is 16.2. The van der Waals surface area contributed by atoms with Gasteiger partial charge in [0, 0.05) is 24.7 Å². The van der Waals surface area contributed by atoms with Gasteiger partial charge in [-0.05, 0) is 18.6 Å². The van der Waals surface area contributed by atoms with Crippen molar-refractivity contribution in [1.29, 1.82) is 0 Å². The molecule has 23 heavy (non-hydrogen) atoms. The van der Waals surface area contributed by atoms with E-state index in [0.717, 1.165) is 6.42 Å². The van der Waals surface area contributed by atoms with Gasteiger partial charge in [-0.25, -0.2) is 4.98 Å². The molecule has 1 atom stereocenters. The Bertz CT molecular complexity index is 696. The number of hydrogen-bond acceptors (Lipinski definition) is 5. The van der Waals surface area contributed by atoms with Crippen LogP contribution in [-0.4, -0.2) is 47.0 Å². The zero-order valence-electron chi connectivity index (χ0n) is 12.7. The standard InChI is InChI=1S/C16H17ClN4O2/c1-23-14-13(17)9-18-16(20-14)19-12-7-8-21(10-12)15(22)11-5-3-2-4-6-11/h2-6,9,12H,7-8,10H2,1H3,(H,18,19,20). The molecule has 1 amide bonds. The van der Waals surface area contributed by atoms with Crippen LogP contribution in [0, 0.1) is 0 Å². The molecule has 2 aromatic rings. The van der Waals surface area contributed by atoms with E-state index in [1.54, 1.807) is 0 Å². The molecule has 3 rings (SSSR count). The molecule has 120 valence electrons. The van der Waals surface area contributed by atoms with Crippen molar-refractivity contribution in [2.75, 3.05) is 25.5 Å². The number of aromatic nitrogens is 2. The van der Waals surface area contributed by atoms with Crippen molar-refractivity contribution < 1.29 is 9.53 Å². The van der Waals surface area contributed by atoms with Crippen LogP contribution in [0.1, 0.15) is 16.8 Å². The molecule has 2 heterocycles. The third-order valence-corrected chi connectivity index (χ3v) is 3.99. The first-order valence-electron chi connectivity index (χ1n) is 7.35. The van der Waals surface area contributed by atoms with E-state index in [0.29, 0.717) is 35.5 Å². The highest BCUT2D eigenvalue weighted by Gasteiger charge is 2.27. The first-order valence-corrected chi connectivity index (χ1v) is 7.72. The van der Waals surface area contributed by atoms with Gasteiger partial charge in [-0.2, -0.15) is 4.98 Å². The highest BCUT2D eigenvalue weighted by molar-refractivity contribution is 6.31. The smallest absolute Gasteiger partial charge is 0.253 e. The molecule has 1 unspecified atom stereocenters. The number of rotatable bonds is 4. The molecule has 1 N–H and O–H groups in total. The van der Waals surface area contributed by atoms with Gasteiger partial charge in [0.05, 0.1) is 13.3 Å². The minimum Gasteiger partial charge on any atom is -0.480 e. The van der Waals surface area contributed by atoms with E-state index in [1.807, 2.05) is 35.2 Å². The number of halogens is 1. The first kappa shape index (κ1) is 15.6. The Hall–Kier alpha value is -2.34. The van der Waals surface area contributed by atoms with E-state index in [9.17, 15) is 4.79 Å². The Balaban J connectivity index is 1.63. The molecular weight excluding hydrogens is 316 g/mol. The predicted molar refractivity (Wildman–Crippen MR) is 88.0 cm³/mol. The molecule has 6 nitrogen and oxygen atoms in total. The largest absolute Gasteiger partial charge is 0.480 e. The van der Waals surface area contributed by atoms with Crippen molar-refractivity contribution in [3.05, 3.63) is 47.1 Å². The minimum atomic E-state index is 0.0458. The Kier molecular flexibility index (Phi) is 4.62. The van der Waals surface area contributed by atoms with Gasteiger partial charge < -0.3 is 15.0 Å². The van der Waals surface area contributed by atoms with Crippen molar-refractivity contribution in [2.45, 2.75) is 12.5 Å². The predicted octanol–water partition coefficient (Wildman–Crippen LogP) is 2.47. The molecule has 0 saturated carbocycles. The normalized spacial score (nSPS) is 17.1. The number of carbonyl (C=O) groups is 1. The number of anilines is 1. The van der Waals surface area contributed by atoms with E-state index >= 15 is 0 Å². The van der Waals surface area contributed by atoms with E-state index in [2.05, 4.69) is 15.3 Å². The van der Waals surface area contributed by atoms with Crippen LogP contribution in [0.25, 0.3) is 0 Å². The second kappa shape index (κ2) is 6.83. The number of nitrogens with one attached hydrogen (secondary N) is 1. The third-order valence-electron chi connectivity index (χ3n) is 3.73. The number of carbonyl (C=O) groups excluding carboxylic acids is 1. The molecule has 0 aliphatic carbocycles. The summed E-state index contributed by atoms with van der Waals surface area (Å²) in [6.07, 6.45) is 2.34. The quantitative estimate of drug-likeness (QED) is 0.931. The lowest BCUT2D eigenvalue weighted by atomic mass is 10.2. The molecule has 0 spiro atoms. The fraction of sp³-hybridized carbons (Fsp3) is 0.312. The molecule has 1 aromatic heterocycles. The number of nitrogens with zero attached hydrogens (tertiary/aromatic N) is 3. The number of methoxy groups -OCH3 is 1. The van der Waals surface area contributed by atoms with Gasteiger partial charge in [0.1, 0.15) is 5.02 Å². The maximum Gasteiger partial charge on any atom is 0.253 e. The second-order valence-corrected chi connectivity index (χ2v) is 5.71. The number of hydrogen-bond donors (Lipinski definition) is 1. The van der Waals surface area contributed by atoms with Gasteiger partial charge in [-0.3, -0.25) is 4.79 Å². The lowest BCUT2D eigenvalue weighted by Crippen LogP contribution is -2.31. The van der Waals surface area contributed by atoms with Crippen molar-refractivity contribution in [2.24, 2.45) is 0 Å². The average Bonchev–Trinajstić information content (AvgIpc) is 3.05. The highest BCUT2D eigenvalue weighted by atomic mass is 35.5. The summed E-state index contributed by atoms with van der Waals surface area (Å²) < 4.78 is 5.08. The Morgan fingerprint density at radius 2 is 2.17 bits per heavy atom. The summed E-state index contributed by atoms with van der Waals surface area (Å²) >= 11 is 5.91. The van der Waals surface area contributed by atoms with E-state index in [1.165, 1.54) is 13.3 Å². The molecule has 1 aliphatic heterocycles. The number of benzene rings is 1. The second-order valence-electron chi connectivity index (χ2n) is 5.30. The van der Waals surface area contributed by atoms with Crippen molar-refractivity contribution in [1.82, 2.24) is 14.9 Å². The summed E-state index contributed by atoms with van der Waals surface area (Å²) in [5, 5.41) is 3.59. The summed E-state index contributed by atoms with van der Waals surface area (Å²) in [6.45, 7) is 1.32. The fourth-order valence-electron chi connectivity index (χ4n) is 2.57. The highest BCUT2D eigenvalue weighted by Crippen LogP contribution is 2.22. The molecule has 1 aromatic carbocycles. The molecular formula is C16H17ClN4O2. The van der Waals surface area contributed by atoms with Crippen LogP contribution in [0.5, 0.6) is 5.88 Å². The topological polar surface area (TPSA) is 67.3 Å². The summed E-state index contributed by atoms with van der Waals surface area (Å²) in [5.74, 6) is 0.828. The maximum absolute atomic E-state index is 12.4. The fourth-order valence-corrected chi connectivity index (χ4v) is 2.74. The van der Waals surface area contributed by atoms with Gasteiger partial charge in [0.15, 0.2) is 0 Å². The van der Waals surface area contributed by atoms with Crippen molar-refractivity contribution in [3.63, 3.8) is 0 Å². The number of likely N-dealkylation sites (tertiary alicyclic amines) is 1. The Labute approximate surface area is 139 Å². The van der Waals surface area contributed by atoms with Gasteiger partial charge in [-0.15, -0.1) is 0 Å². The molecule has 1 fully saturated rings. The van der Waals surface area contributed by atoms with Gasteiger partial charge in [-0.1, -0.05) is 29.8 Å². The van der Waals surface area contributed by atoms with E-state index in [-0.39, 0.29) is 11.9 Å². The lowest BCUT2D eigenvalue weighted by molar-refractivity contribution is 0.0791. The maximum atomic E-state index is 12.4. The average molecular weight is 333 g/mol. The summed E-state index contributed by atoms with van der Waals surface area (Å²) in [7, 11) is 1.51. The Morgan fingerprint density at radius 1 is 1.39 bits per heavy atom. The summed E-state index contributed by atoms with van der Waals surface area (Å²) in [4.78, 5) is 22.6.